The van der Waals surface area contributed by atoms with Gasteiger partial charge in [0, 0.05) is 26.2 Å². The average molecular weight is 423 g/mol. The standard InChI is InChI=1S/C16H29N3O2.HI/c1-4-7-12-10-14(12)18-16(17-3)19-9-6-8-13(11-19)15(20)21-5-2;/h12-14H,4-11H2,1-3H3,(H,17,18);1H. The summed E-state index contributed by atoms with van der Waals surface area (Å²) in [5.41, 5.74) is 0. The van der Waals surface area contributed by atoms with Crippen molar-refractivity contribution in [1.29, 1.82) is 0 Å². The van der Waals surface area contributed by atoms with E-state index in [0.29, 0.717) is 12.6 Å². The van der Waals surface area contributed by atoms with Crippen LogP contribution in [0.1, 0.15) is 46.0 Å². The van der Waals surface area contributed by atoms with E-state index < -0.39 is 0 Å². The maximum absolute atomic E-state index is 11.9. The lowest BCUT2D eigenvalue weighted by molar-refractivity contribution is -0.149. The first-order valence-corrected chi connectivity index (χ1v) is 8.34. The summed E-state index contributed by atoms with van der Waals surface area (Å²) in [6.45, 7) is 6.26. The molecule has 0 aromatic carbocycles. The molecule has 5 nitrogen and oxygen atoms in total. The van der Waals surface area contributed by atoms with Gasteiger partial charge in [-0.15, -0.1) is 24.0 Å². The van der Waals surface area contributed by atoms with Gasteiger partial charge >= 0.3 is 5.97 Å². The maximum Gasteiger partial charge on any atom is 0.310 e. The van der Waals surface area contributed by atoms with Crippen LogP contribution in [-0.2, 0) is 9.53 Å². The molecule has 1 aliphatic heterocycles. The van der Waals surface area contributed by atoms with Crippen LogP contribution >= 0.6 is 24.0 Å². The SMILES string of the molecule is CCCC1CC1NC(=NC)N1CCCC(C(=O)OCC)C1.I. The average Bonchev–Trinajstić information content (AvgIpc) is 3.23. The van der Waals surface area contributed by atoms with E-state index in [4.69, 9.17) is 4.74 Å². The third kappa shape index (κ3) is 5.28. The number of nitrogens with one attached hydrogen (secondary N) is 1. The molecule has 0 aromatic heterocycles. The number of carbonyl (C=O) groups is 1. The van der Waals surface area contributed by atoms with Gasteiger partial charge in [-0.1, -0.05) is 13.3 Å². The van der Waals surface area contributed by atoms with E-state index in [1.807, 2.05) is 14.0 Å². The van der Waals surface area contributed by atoms with Crippen molar-refractivity contribution in [2.24, 2.45) is 16.8 Å². The fraction of sp³-hybridized carbons (Fsp3) is 0.875. The molecule has 0 bridgehead atoms. The van der Waals surface area contributed by atoms with Crippen molar-refractivity contribution in [2.75, 3.05) is 26.7 Å². The van der Waals surface area contributed by atoms with Crippen LogP contribution in [0.4, 0.5) is 0 Å². The Morgan fingerprint density at radius 2 is 2.18 bits per heavy atom. The number of nitrogens with zero attached hydrogens (tertiary/aromatic N) is 2. The summed E-state index contributed by atoms with van der Waals surface area (Å²) >= 11 is 0. The van der Waals surface area contributed by atoms with E-state index in [0.717, 1.165) is 37.8 Å². The highest BCUT2D eigenvalue weighted by molar-refractivity contribution is 14.0. The number of esters is 1. The molecule has 1 N–H and O–H groups in total. The van der Waals surface area contributed by atoms with Gasteiger partial charge in [0.05, 0.1) is 12.5 Å². The van der Waals surface area contributed by atoms with E-state index in [-0.39, 0.29) is 35.9 Å². The van der Waals surface area contributed by atoms with Gasteiger partial charge in [0.2, 0.25) is 0 Å². The highest BCUT2D eigenvalue weighted by Gasteiger charge is 2.38. The zero-order valence-corrected chi connectivity index (χ0v) is 16.3. The third-order valence-electron chi connectivity index (χ3n) is 4.45. The number of ether oxygens (including phenoxy) is 1. The lowest BCUT2D eigenvalue weighted by Gasteiger charge is -2.34. The molecular formula is C16H30IN3O2. The van der Waals surface area contributed by atoms with Crippen LogP contribution in [0.5, 0.6) is 0 Å². The van der Waals surface area contributed by atoms with Gasteiger partial charge in [-0.3, -0.25) is 9.79 Å². The van der Waals surface area contributed by atoms with E-state index in [1.165, 1.54) is 19.3 Å². The van der Waals surface area contributed by atoms with Gasteiger partial charge in [-0.2, -0.15) is 0 Å². The Labute approximate surface area is 151 Å². The summed E-state index contributed by atoms with van der Waals surface area (Å²) in [4.78, 5) is 18.5. The van der Waals surface area contributed by atoms with E-state index in [1.54, 1.807) is 0 Å². The van der Waals surface area contributed by atoms with Gasteiger partial charge in [0.15, 0.2) is 5.96 Å². The van der Waals surface area contributed by atoms with Crippen LogP contribution in [0.3, 0.4) is 0 Å². The zero-order valence-electron chi connectivity index (χ0n) is 14.0. The van der Waals surface area contributed by atoms with Gasteiger partial charge in [0.1, 0.15) is 0 Å². The van der Waals surface area contributed by atoms with E-state index in [2.05, 4.69) is 22.1 Å². The van der Waals surface area contributed by atoms with Gasteiger partial charge < -0.3 is 15.0 Å². The Balaban J connectivity index is 0.00000242. The molecule has 128 valence electrons. The largest absolute Gasteiger partial charge is 0.466 e. The molecule has 2 aliphatic rings. The van der Waals surface area contributed by atoms with E-state index >= 15 is 0 Å². The number of halogens is 1. The van der Waals surface area contributed by atoms with Crippen molar-refractivity contribution in [1.82, 2.24) is 10.2 Å². The monoisotopic (exact) mass is 423 g/mol. The topological polar surface area (TPSA) is 53.9 Å². The van der Waals surface area contributed by atoms with Crippen LogP contribution in [0.2, 0.25) is 0 Å². The first kappa shape index (κ1) is 19.5. The number of guanidine groups is 1. The number of likely N-dealkylation sites (tertiary alicyclic amines) is 1. The van der Waals surface area contributed by atoms with Gasteiger partial charge in [0.25, 0.3) is 0 Å². The molecule has 0 spiro atoms. The van der Waals surface area contributed by atoms with Crippen LogP contribution in [-0.4, -0.2) is 49.6 Å². The van der Waals surface area contributed by atoms with Crippen molar-refractivity contribution in [3.63, 3.8) is 0 Å². The van der Waals surface area contributed by atoms with Crippen molar-refractivity contribution >= 4 is 35.9 Å². The Hall–Kier alpha value is -0.530. The normalized spacial score (nSPS) is 27.9. The number of aliphatic imine (C=N–C) groups is 1. The van der Waals surface area contributed by atoms with Crippen molar-refractivity contribution < 1.29 is 9.53 Å². The Kier molecular flexibility index (Phi) is 8.49. The summed E-state index contributed by atoms with van der Waals surface area (Å²) in [6.07, 6.45) is 5.74. The summed E-state index contributed by atoms with van der Waals surface area (Å²) in [7, 11) is 1.83. The number of piperidine rings is 1. The predicted octanol–water partition coefficient (Wildman–Crippen LogP) is 2.64. The zero-order chi connectivity index (χ0) is 15.2. The third-order valence-corrected chi connectivity index (χ3v) is 4.45. The van der Waals surface area contributed by atoms with Crippen molar-refractivity contribution in [3.8, 4) is 0 Å². The predicted molar refractivity (Wildman–Crippen MR) is 99.6 cm³/mol. The first-order chi connectivity index (χ1) is 10.2. The Morgan fingerprint density at radius 1 is 1.41 bits per heavy atom. The number of rotatable bonds is 5. The minimum absolute atomic E-state index is 0. The summed E-state index contributed by atoms with van der Waals surface area (Å²) in [6, 6.07) is 0.576. The second-order valence-electron chi connectivity index (χ2n) is 6.12. The van der Waals surface area contributed by atoms with E-state index in [9.17, 15) is 4.79 Å². The summed E-state index contributed by atoms with van der Waals surface area (Å²) < 4.78 is 5.16. The molecule has 3 unspecified atom stereocenters. The summed E-state index contributed by atoms with van der Waals surface area (Å²) in [5, 5.41) is 3.56. The fourth-order valence-corrected chi connectivity index (χ4v) is 3.20. The molecule has 3 atom stereocenters. The minimum atomic E-state index is -0.0621. The molecule has 1 saturated heterocycles. The molecule has 1 aliphatic carbocycles. The lowest BCUT2D eigenvalue weighted by Crippen LogP contribution is -2.49. The number of hydrogen-bond donors (Lipinski definition) is 1. The highest BCUT2D eigenvalue weighted by atomic mass is 127. The molecule has 2 fully saturated rings. The molecule has 22 heavy (non-hydrogen) atoms. The van der Waals surface area contributed by atoms with Gasteiger partial charge in [-0.25, -0.2) is 0 Å². The smallest absolute Gasteiger partial charge is 0.310 e. The molecule has 6 heteroatoms. The molecule has 0 aromatic rings. The van der Waals surface area contributed by atoms with Crippen LogP contribution in [0.15, 0.2) is 4.99 Å². The highest BCUT2D eigenvalue weighted by Crippen LogP contribution is 2.34. The van der Waals surface area contributed by atoms with Crippen molar-refractivity contribution in [3.05, 3.63) is 0 Å². The molecule has 1 heterocycles. The maximum atomic E-state index is 11.9. The fourth-order valence-electron chi connectivity index (χ4n) is 3.20. The molecule has 0 radical (unpaired) electrons. The van der Waals surface area contributed by atoms with Crippen LogP contribution < -0.4 is 5.32 Å². The van der Waals surface area contributed by atoms with Gasteiger partial charge in [-0.05, 0) is 38.5 Å². The molecule has 1 saturated carbocycles. The Bertz CT molecular complexity index is 390. The lowest BCUT2D eigenvalue weighted by atomic mass is 9.98. The second kappa shape index (κ2) is 9.57. The number of hydrogen-bond acceptors (Lipinski definition) is 3. The second-order valence-corrected chi connectivity index (χ2v) is 6.12. The van der Waals surface area contributed by atoms with Crippen molar-refractivity contribution in [2.45, 2.75) is 52.0 Å². The first-order valence-electron chi connectivity index (χ1n) is 8.34. The minimum Gasteiger partial charge on any atom is -0.466 e. The van der Waals surface area contributed by atoms with Crippen LogP contribution in [0.25, 0.3) is 0 Å². The quantitative estimate of drug-likeness (QED) is 0.320. The van der Waals surface area contributed by atoms with Crippen LogP contribution in [0, 0.1) is 11.8 Å². The molecular weight excluding hydrogens is 393 g/mol. The number of carbonyl (C=O) groups excluding carboxylic acids is 1. The molecule has 0 amide bonds. The molecule has 2 rings (SSSR count). The Morgan fingerprint density at radius 3 is 2.82 bits per heavy atom. The summed E-state index contributed by atoms with van der Waals surface area (Å²) in [5.74, 6) is 1.68.